The summed E-state index contributed by atoms with van der Waals surface area (Å²) in [6, 6.07) is 2.05. The number of alkyl halides is 3. The van der Waals surface area contributed by atoms with E-state index in [1.807, 2.05) is 19.3 Å². The van der Waals surface area contributed by atoms with Gasteiger partial charge < -0.3 is 14.3 Å². The molecule has 0 unspecified atom stereocenters. The summed E-state index contributed by atoms with van der Waals surface area (Å²) in [4.78, 5) is 15.8. The van der Waals surface area contributed by atoms with Gasteiger partial charge in [0.15, 0.2) is 5.82 Å². The van der Waals surface area contributed by atoms with E-state index in [9.17, 15) is 13.2 Å². The number of aliphatic carboxylic acids is 1. The van der Waals surface area contributed by atoms with E-state index < -0.39 is 12.1 Å². The standard InChI is InChI=1S/C16H22N4O2.C2HF3O2/c1-11-17-16(19-18-11)6-15-14-2-4-20(8-13(14)10-22-15)7-12-3-5-21-9-12;3-2(4,5)1(6)7/h3,5,9,13-15H,2,4,6-8,10H2,1H3,(H,17,18,19);(H,6,7)/t13-,14-,15+;/m1./s1. The molecule has 160 valence electrons. The zero-order valence-corrected chi connectivity index (χ0v) is 15.9. The molecule has 2 fully saturated rings. The molecule has 2 aliphatic heterocycles. The van der Waals surface area contributed by atoms with Gasteiger partial charge >= 0.3 is 12.1 Å². The maximum Gasteiger partial charge on any atom is 0.490 e. The maximum absolute atomic E-state index is 10.6. The first kappa shape index (κ1) is 21.3. The normalized spacial score (nSPS) is 24.6. The van der Waals surface area contributed by atoms with E-state index in [0.717, 1.165) is 44.3 Å². The third kappa shape index (κ3) is 5.80. The van der Waals surface area contributed by atoms with Crippen molar-refractivity contribution < 1.29 is 32.2 Å². The van der Waals surface area contributed by atoms with Gasteiger partial charge in [0.2, 0.25) is 0 Å². The van der Waals surface area contributed by atoms with Crippen molar-refractivity contribution in [1.29, 1.82) is 0 Å². The van der Waals surface area contributed by atoms with Crippen LogP contribution < -0.4 is 0 Å². The van der Waals surface area contributed by atoms with Gasteiger partial charge in [0.25, 0.3) is 0 Å². The summed E-state index contributed by atoms with van der Waals surface area (Å²) in [7, 11) is 0. The second-order valence-electron chi connectivity index (χ2n) is 7.30. The minimum absolute atomic E-state index is 0.274. The Morgan fingerprint density at radius 1 is 1.45 bits per heavy atom. The number of carboxylic acids is 1. The third-order valence-electron chi connectivity index (χ3n) is 5.13. The molecule has 0 aromatic carbocycles. The molecule has 11 heteroatoms. The molecule has 0 saturated carbocycles. The van der Waals surface area contributed by atoms with E-state index >= 15 is 0 Å². The molecule has 4 rings (SSSR count). The largest absolute Gasteiger partial charge is 0.490 e. The summed E-state index contributed by atoms with van der Waals surface area (Å²) in [6.07, 6.45) is 0.793. The minimum atomic E-state index is -5.08. The van der Waals surface area contributed by atoms with Crippen LogP contribution in [0.25, 0.3) is 0 Å². The van der Waals surface area contributed by atoms with Crippen LogP contribution in [0, 0.1) is 18.8 Å². The van der Waals surface area contributed by atoms with Crippen LogP contribution in [0.5, 0.6) is 0 Å². The van der Waals surface area contributed by atoms with E-state index in [0.29, 0.717) is 11.8 Å². The lowest BCUT2D eigenvalue weighted by Crippen LogP contribution is -2.41. The SMILES string of the molecule is Cc1nc(C[C@@H]2OC[C@H]3CN(Cc4ccoc4)CC[C@H]32)n[nH]1.O=C(O)C(F)(F)F. The number of hydrogen-bond acceptors (Lipinski definition) is 6. The number of halogens is 3. The molecule has 0 radical (unpaired) electrons. The number of aromatic nitrogens is 3. The van der Waals surface area contributed by atoms with Crippen LogP contribution in [0.1, 0.15) is 23.6 Å². The molecule has 8 nitrogen and oxygen atoms in total. The first-order valence-electron chi connectivity index (χ1n) is 9.25. The van der Waals surface area contributed by atoms with Crippen molar-refractivity contribution in [3.8, 4) is 0 Å². The molecular weight excluding hydrogens is 393 g/mol. The minimum Gasteiger partial charge on any atom is -0.475 e. The molecule has 2 aromatic rings. The van der Waals surface area contributed by atoms with Crippen molar-refractivity contribution in [3.63, 3.8) is 0 Å². The molecule has 29 heavy (non-hydrogen) atoms. The number of likely N-dealkylation sites (tertiary alicyclic amines) is 1. The number of ether oxygens (including phenoxy) is 1. The quantitative estimate of drug-likeness (QED) is 0.789. The molecule has 2 aromatic heterocycles. The highest BCUT2D eigenvalue weighted by Gasteiger charge is 2.41. The van der Waals surface area contributed by atoms with Gasteiger partial charge in [-0.3, -0.25) is 10.00 Å². The van der Waals surface area contributed by atoms with Crippen LogP contribution in [0.4, 0.5) is 13.2 Å². The fourth-order valence-corrected chi connectivity index (χ4v) is 3.82. The number of aryl methyl sites for hydroxylation is 1. The second kappa shape index (κ2) is 8.95. The lowest BCUT2D eigenvalue weighted by molar-refractivity contribution is -0.192. The van der Waals surface area contributed by atoms with Gasteiger partial charge in [0, 0.05) is 31.0 Å². The molecular formula is C18H23F3N4O4. The van der Waals surface area contributed by atoms with Crippen molar-refractivity contribution >= 4 is 5.97 Å². The molecule has 0 amide bonds. The van der Waals surface area contributed by atoms with E-state index in [4.69, 9.17) is 19.1 Å². The van der Waals surface area contributed by atoms with Crippen LogP contribution in [0.15, 0.2) is 23.0 Å². The monoisotopic (exact) mass is 416 g/mol. The number of fused-ring (bicyclic) bond motifs is 1. The Labute approximate surface area is 165 Å². The average molecular weight is 416 g/mol. The van der Waals surface area contributed by atoms with Gasteiger partial charge in [-0.1, -0.05) is 0 Å². The van der Waals surface area contributed by atoms with Crippen molar-refractivity contribution in [2.75, 3.05) is 19.7 Å². The average Bonchev–Trinajstić information content (AvgIpc) is 3.38. The predicted octanol–water partition coefficient (Wildman–Crippen LogP) is 2.42. The smallest absolute Gasteiger partial charge is 0.475 e. The number of carboxylic acid groups (broad SMARTS) is 1. The molecule has 3 atom stereocenters. The van der Waals surface area contributed by atoms with Crippen molar-refractivity contribution in [1.82, 2.24) is 20.1 Å². The topological polar surface area (TPSA) is 104 Å². The molecule has 4 heterocycles. The van der Waals surface area contributed by atoms with Gasteiger partial charge in [-0.05, 0) is 31.9 Å². The Morgan fingerprint density at radius 2 is 2.21 bits per heavy atom. The summed E-state index contributed by atoms with van der Waals surface area (Å²) in [5.74, 6) is 0.265. The second-order valence-corrected chi connectivity index (χ2v) is 7.30. The zero-order chi connectivity index (χ0) is 21.0. The highest BCUT2D eigenvalue weighted by Crippen LogP contribution is 2.36. The Bertz CT molecular complexity index is 793. The fourth-order valence-electron chi connectivity index (χ4n) is 3.82. The Hall–Kier alpha value is -2.40. The third-order valence-corrected chi connectivity index (χ3v) is 5.13. The van der Waals surface area contributed by atoms with E-state index in [1.54, 1.807) is 6.26 Å². The summed E-state index contributed by atoms with van der Waals surface area (Å²) < 4.78 is 43.0. The van der Waals surface area contributed by atoms with Crippen molar-refractivity contribution in [2.45, 2.75) is 38.6 Å². The molecule has 0 aliphatic carbocycles. The molecule has 0 bridgehead atoms. The van der Waals surface area contributed by atoms with Gasteiger partial charge in [-0.15, -0.1) is 0 Å². The van der Waals surface area contributed by atoms with E-state index in [1.165, 1.54) is 12.0 Å². The number of rotatable bonds is 4. The Kier molecular flexibility index (Phi) is 6.58. The number of H-pyrrole nitrogens is 1. The van der Waals surface area contributed by atoms with Crippen LogP contribution >= 0.6 is 0 Å². The molecule has 2 aliphatic rings. The van der Waals surface area contributed by atoms with Crippen LogP contribution in [-0.2, 0) is 22.5 Å². The first-order valence-corrected chi connectivity index (χ1v) is 9.25. The summed E-state index contributed by atoms with van der Waals surface area (Å²) >= 11 is 0. The van der Waals surface area contributed by atoms with Crippen molar-refractivity contribution in [2.24, 2.45) is 11.8 Å². The number of nitrogens with one attached hydrogen (secondary N) is 1. The van der Waals surface area contributed by atoms with Gasteiger partial charge in [0.1, 0.15) is 5.82 Å². The molecule has 0 spiro atoms. The number of piperidine rings is 1. The summed E-state index contributed by atoms with van der Waals surface area (Å²) in [5, 5.41) is 14.3. The van der Waals surface area contributed by atoms with Gasteiger partial charge in [0.05, 0.1) is 25.2 Å². The van der Waals surface area contributed by atoms with Crippen LogP contribution in [0.2, 0.25) is 0 Å². The highest BCUT2D eigenvalue weighted by atomic mass is 19.4. The highest BCUT2D eigenvalue weighted by molar-refractivity contribution is 5.73. The van der Waals surface area contributed by atoms with E-state index in [2.05, 4.69) is 20.1 Å². The Morgan fingerprint density at radius 3 is 2.79 bits per heavy atom. The van der Waals surface area contributed by atoms with E-state index in [-0.39, 0.29) is 6.10 Å². The molecule has 2 N–H and O–H groups in total. The fraction of sp³-hybridized carbons (Fsp3) is 0.611. The molecule has 2 saturated heterocycles. The van der Waals surface area contributed by atoms with Gasteiger partial charge in [-0.2, -0.15) is 18.3 Å². The lowest BCUT2D eigenvalue weighted by Gasteiger charge is -2.35. The first-order chi connectivity index (χ1) is 13.7. The number of hydrogen-bond donors (Lipinski definition) is 2. The lowest BCUT2D eigenvalue weighted by atomic mass is 9.83. The Balaban J connectivity index is 0.000000298. The number of carbonyl (C=O) groups is 1. The van der Waals surface area contributed by atoms with Crippen LogP contribution in [0.3, 0.4) is 0 Å². The number of furan rings is 1. The van der Waals surface area contributed by atoms with Crippen LogP contribution in [-0.4, -0.2) is 63.1 Å². The maximum atomic E-state index is 10.6. The number of aromatic amines is 1. The predicted molar refractivity (Wildman–Crippen MR) is 93.8 cm³/mol. The van der Waals surface area contributed by atoms with Gasteiger partial charge in [-0.25, -0.2) is 9.78 Å². The zero-order valence-electron chi connectivity index (χ0n) is 15.9. The number of nitrogens with zero attached hydrogens (tertiary/aromatic N) is 3. The summed E-state index contributed by atoms with van der Waals surface area (Å²) in [5.41, 5.74) is 1.25. The summed E-state index contributed by atoms with van der Waals surface area (Å²) in [6.45, 7) is 6.01. The van der Waals surface area contributed by atoms with Crippen molar-refractivity contribution in [3.05, 3.63) is 35.8 Å².